The number of hydrogen-bond acceptors (Lipinski definition) is 3. The third kappa shape index (κ3) is 2.66. The van der Waals surface area contributed by atoms with Crippen molar-refractivity contribution in [2.45, 2.75) is 39.2 Å². The number of H-pyrrole nitrogens is 1. The molecule has 104 valence electrons. The van der Waals surface area contributed by atoms with Crippen molar-refractivity contribution in [3.8, 4) is 0 Å². The number of nitrogens with one attached hydrogen (secondary N) is 1. The summed E-state index contributed by atoms with van der Waals surface area (Å²) in [7, 11) is 0. The normalized spacial score (nSPS) is 23.2. The maximum atomic E-state index is 12.3. The lowest BCUT2D eigenvalue weighted by Gasteiger charge is -2.29. The molecule has 1 aromatic heterocycles. The minimum Gasteiger partial charge on any atom is -0.381 e. The van der Waals surface area contributed by atoms with Crippen LogP contribution in [0.2, 0.25) is 0 Å². The van der Waals surface area contributed by atoms with Crippen molar-refractivity contribution < 1.29 is 9.53 Å². The number of rotatable bonds is 2. The highest BCUT2D eigenvalue weighted by atomic mass is 16.5. The van der Waals surface area contributed by atoms with Gasteiger partial charge in [0.1, 0.15) is 0 Å². The van der Waals surface area contributed by atoms with Gasteiger partial charge in [0.25, 0.3) is 0 Å². The molecule has 1 N–H and O–H groups in total. The van der Waals surface area contributed by atoms with E-state index in [0.29, 0.717) is 18.9 Å². The van der Waals surface area contributed by atoms with Crippen LogP contribution >= 0.6 is 0 Å². The van der Waals surface area contributed by atoms with Gasteiger partial charge in [0.2, 0.25) is 5.91 Å². The first-order valence-corrected chi connectivity index (χ1v) is 7.12. The van der Waals surface area contributed by atoms with Crippen molar-refractivity contribution in [1.29, 1.82) is 0 Å². The molecule has 3 rings (SSSR count). The van der Waals surface area contributed by atoms with Crippen molar-refractivity contribution in [3.63, 3.8) is 0 Å². The van der Waals surface area contributed by atoms with Gasteiger partial charge in [0.15, 0.2) is 0 Å². The second-order valence-electron chi connectivity index (χ2n) is 5.63. The molecule has 1 aromatic rings. The van der Waals surface area contributed by atoms with Gasteiger partial charge in [-0.3, -0.25) is 9.89 Å². The third-order valence-electron chi connectivity index (χ3n) is 4.20. The largest absolute Gasteiger partial charge is 0.381 e. The first-order chi connectivity index (χ1) is 9.24. The maximum absolute atomic E-state index is 12.3. The third-order valence-corrected chi connectivity index (χ3v) is 4.20. The average Bonchev–Trinajstić information content (AvgIpc) is 2.81. The number of aromatic amines is 1. The molecule has 1 fully saturated rings. The molecule has 2 aliphatic rings. The topological polar surface area (TPSA) is 58.2 Å². The molecule has 0 bridgehead atoms. The number of aryl methyl sites for hydroxylation is 1. The Balaban J connectivity index is 1.60. The number of fused-ring (bicyclic) bond motifs is 1. The number of carbonyl (C=O) groups excluding carboxylic acids is 1. The van der Waals surface area contributed by atoms with Gasteiger partial charge in [-0.2, -0.15) is 5.10 Å². The van der Waals surface area contributed by atoms with Crippen LogP contribution in [-0.2, 0) is 22.5 Å². The molecule has 1 saturated heterocycles. The number of amides is 1. The van der Waals surface area contributed by atoms with Crippen LogP contribution in [0.3, 0.4) is 0 Å². The van der Waals surface area contributed by atoms with Crippen LogP contribution in [0.15, 0.2) is 0 Å². The van der Waals surface area contributed by atoms with Gasteiger partial charge in [0.05, 0.1) is 5.69 Å². The van der Waals surface area contributed by atoms with Crippen molar-refractivity contribution in [2.75, 3.05) is 19.8 Å². The Morgan fingerprint density at radius 3 is 3.26 bits per heavy atom. The summed E-state index contributed by atoms with van der Waals surface area (Å²) in [6.45, 7) is 5.13. The highest BCUT2D eigenvalue weighted by Gasteiger charge is 2.26. The van der Waals surface area contributed by atoms with Crippen LogP contribution in [0.5, 0.6) is 0 Å². The van der Waals surface area contributed by atoms with Gasteiger partial charge in [-0.15, -0.1) is 0 Å². The van der Waals surface area contributed by atoms with E-state index in [9.17, 15) is 4.79 Å². The van der Waals surface area contributed by atoms with E-state index in [1.165, 1.54) is 5.56 Å². The van der Waals surface area contributed by atoms with Gasteiger partial charge >= 0.3 is 0 Å². The van der Waals surface area contributed by atoms with Crippen molar-refractivity contribution in [3.05, 3.63) is 17.0 Å². The minimum absolute atomic E-state index is 0.266. The Morgan fingerprint density at radius 1 is 1.58 bits per heavy atom. The Kier molecular flexibility index (Phi) is 3.55. The van der Waals surface area contributed by atoms with Gasteiger partial charge in [0, 0.05) is 50.4 Å². The second kappa shape index (κ2) is 5.33. The van der Waals surface area contributed by atoms with E-state index in [1.807, 2.05) is 11.8 Å². The summed E-state index contributed by atoms with van der Waals surface area (Å²) in [6, 6.07) is 0. The predicted octanol–water partition coefficient (Wildman–Crippen LogP) is 1.42. The number of hydrogen-bond donors (Lipinski definition) is 1. The molecule has 0 spiro atoms. The molecule has 3 heterocycles. The molecule has 0 unspecified atom stereocenters. The predicted molar refractivity (Wildman–Crippen MR) is 70.6 cm³/mol. The first kappa shape index (κ1) is 12.7. The molecule has 0 radical (unpaired) electrons. The molecule has 0 aromatic carbocycles. The maximum Gasteiger partial charge on any atom is 0.223 e. The molecule has 0 aliphatic carbocycles. The van der Waals surface area contributed by atoms with Crippen LogP contribution in [0.25, 0.3) is 0 Å². The van der Waals surface area contributed by atoms with Gasteiger partial charge in [-0.1, -0.05) is 0 Å². The fraction of sp³-hybridized carbons (Fsp3) is 0.714. The smallest absolute Gasteiger partial charge is 0.223 e. The first-order valence-electron chi connectivity index (χ1n) is 7.12. The SMILES string of the molecule is Cc1[nH]nc2c1CN(C(=O)C[C@H]1CCCOC1)CC2. The van der Waals surface area contributed by atoms with E-state index >= 15 is 0 Å². The minimum atomic E-state index is 0.266. The van der Waals surface area contributed by atoms with E-state index in [0.717, 1.165) is 50.4 Å². The Morgan fingerprint density at radius 2 is 2.47 bits per heavy atom. The monoisotopic (exact) mass is 263 g/mol. The van der Waals surface area contributed by atoms with Crippen molar-refractivity contribution >= 4 is 5.91 Å². The Bertz CT molecular complexity index is 463. The zero-order valence-corrected chi connectivity index (χ0v) is 11.4. The van der Waals surface area contributed by atoms with E-state index in [4.69, 9.17) is 4.74 Å². The van der Waals surface area contributed by atoms with Crippen LogP contribution in [0, 0.1) is 12.8 Å². The molecule has 1 amide bonds. The van der Waals surface area contributed by atoms with E-state index in [1.54, 1.807) is 0 Å². The van der Waals surface area contributed by atoms with Crippen molar-refractivity contribution in [2.24, 2.45) is 5.92 Å². The highest BCUT2D eigenvalue weighted by molar-refractivity contribution is 5.76. The fourth-order valence-electron chi connectivity index (χ4n) is 2.99. The Hall–Kier alpha value is -1.36. The van der Waals surface area contributed by atoms with Crippen LogP contribution in [0.1, 0.15) is 36.2 Å². The molecular formula is C14H21N3O2. The van der Waals surface area contributed by atoms with Crippen LogP contribution < -0.4 is 0 Å². The molecule has 5 nitrogen and oxygen atoms in total. The van der Waals surface area contributed by atoms with Gasteiger partial charge < -0.3 is 9.64 Å². The molecule has 0 saturated carbocycles. The summed E-state index contributed by atoms with van der Waals surface area (Å²) in [5, 5.41) is 7.29. The van der Waals surface area contributed by atoms with Crippen LogP contribution in [0.4, 0.5) is 0 Å². The zero-order valence-electron chi connectivity index (χ0n) is 11.4. The second-order valence-corrected chi connectivity index (χ2v) is 5.63. The zero-order chi connectivity index (χ0) is 13.2. The number of aromatic nitrogens is 2. The fourth-order valence-corrected chi connectivity index (χ4v) is 2.99. The number of ether oxygens (including phenoxy) is 1. The van der Waals surface area contributed by atoms with E-state index in [2.05, 4.69) is 10.2 Å². The van der Waals surface area contributed by atoms with Crippen molar-refractivity contribution in [1.82, 2.24) is 15.1 Å². The lowest BCUT2D eigenvalue weighted by Crippen LogP contribution is -2.37. The molecule has 5 heteroatoms. The number of carbonyl (C=O) groups is 1. The summed E-state index contributed by atoms with van der Waals surface area (Å²) < 4.78 is 5.45. The lowest BCUT2D eigenvalue weighted by molar-refractivity contribution is -0.134. The average molecular weight is 263 g/mol. The molecule has 19 heavy (non-hydrogen) atoms. The summed E-state index contributed by atoms with van der Waals surface area (Å²) in [5.41, 5.74) is 3.43. The molecule has 1 atom stereocenters. The molecule has 2 aliphatic heterocycles. The Labute approximate surface area is 113 Å². The summed E-state index contributed by atoms with van der Waals surface area (Å²) in [4.78, 5) is 14.3. The van der Waals surface area contributed by atoms with E-state index < -0.39 is 0 Å². The van der Waals surface area contributed by atoms with Gasteiger partial charge in [-0.25, -0.2) is 0 Å². The quantitative estimate of drug-likeness (QED) is 0.878. The highest BCUT2D eigenvalue weighted by Crippen LogP contribution is 2.23. The molecular weight excluding hydrogens is 242 g/mol. The van der Waals surface area contributed by atoms with E-state index in [-0.39, 0.29) is 5.91 Å². The van der Waals surface area contributed by atoms with Gasteiger partial charge in [-0.05, 0) is 25.7 Å². The standard InChI is InChI=1S/C14H21N3O2/c1-10-12-8-17(5-4-13(12)16-15-10)14(18)7-11-3-2-6-19-9-11/h11H,2-9H2,1H3,(H,15,16)/t11-/m1/s1. The lowest BCUT2D eigenvalue weighted by atomic mass is 9.97. The summed E-state index contributed by atoms with van der Waals surface area (Å²) >= 11 is 0. The number of nitrogens with zero attached hydrogens (tertiary/aromatic N) is 2. The summed E-state index contributed by atoms with van der Waals surface area (Å²) in [5.74, 6) is 0.676. The van der Waals surface area contributed by atoms with Crippen LogP contribution in [-0.4, -0.2) is 40.8 Å². The summed E-state index contributed by atoms with van der Waals surface area (Å²) in [6.07, 6.45) is 3.71.